The minimum absolute atomic E-state index is 0.175. The lowest BCUT2D eigenvalue weighted by atomic mass is 10.1. The van der Waals surface area contributed by atoms with Crippen LogP contribution in [0.25, 0.3) is 0 Å². The highest BCUT2D eigenvalue weighted by molar-refractivity contribution is 5.82. The van der Waals surface area contributed by atoms with Gasteiger partial charge in [-0.2, -0.15) is 13.2 Å². The Morgan fingerprint density at radius 3 is 2.73 bits per heavy atom. The predicted molar refractivity (Wildman–Crippen MR) is 48.1 cm³/mol. The molecule has 15 heavy (non-hydrogen) atoms. The molecule has 1 aliphatic rings. The zero-order valence-electron chi connectivity index (χ0n) is 8.34. The van der Waals surface area contributed by atoms with Crippen LogP contribution in [0.1, 0.15) is 6.92 Å². The van der Waals surface area contributed by atoms with E-state index < -0.39 is 24.8 Å². The van der Waals surface area contributed by atoms with Crippen molar-refractivity contribution >= 4 is 5.91 Å². The number of carbonyl (C=O) groups is 1. The van der Waals surface area contributed by atoms with Gasteiger partial charge in [0.05, 0.1) is 6.04 Å². The standard InChI is InChI=1S/C8H14F3N3O/c1-5-7(15)13-2-3-14(5)6(4-12)8(9,10)11/h5-6H,2-4,12H2,1H3,(H,13,15). The van der Waals surface area contributed by atoms with Crippen LogP contribution in [-0.4, -0.2) is 48.7 Å². The minimum atomic E-state index is -4.39. The highest BCUT2D eigenvalue weighted by Crippen LogP contribution is 2.26. The van der Waals surface area contributed by atoms with E-state index in [9.17, 15) is 18.0 Å². The maximum Gasteiger partial charge on any atom is 0.405 e. The summed E-state index contributed by atoms with van der Waals surface area (Å²) in [6.45, 7) is 1.33. The molecule has 1 amide bonds. The van der Waals surface area contributed by atoms with Gasteiger partial charge >= 0.3 is 6.18 Å². The van der Waals surface area contributed by atoms with Gasteiger partial charge in [-0.25, -0.2) is 0 Å². The molecule has 1 heterocycles. The molecular formula is C8H14F3N3O. The molecule has 2 atom stereocenters. The van der Waals surface area contributed by atoms with E-state index in [1.54, 1.807) is 0 Å². The van der Waals surface area contributed by atoms with Crippen LogP contribution in [0.5, 0.6) is 0 Å². The molecule has 0 saturated carbocycles. The summed E-state index contributed by atoms with van der Waals surface area (Å²) in [5, 5.41) is 2.50. The molecule has 0 aromatic heterocycles. The van der Waals surface area contributed by atoms with Crippen LogP contribution in [-0.2, 0) is 4.79 Å². The molecule has 0 aromatic rings. The smallest absolute Gasteiger partial charge is 0.353 e. The molecule has 1 aliphatic heterocycles. The van der Waals surface area contributed by atoms with Crippen LogP contribution in [0.2, 0.25) is 0 Å². The lowest BCUT2D eigenvalue weighted by Crippen LogP contribution is -2.62. The summed E-state index contributed by atoms with van der Waals surface area (Å²) < 4.78 is 37.7. The fourth-order valence-electron chi connectivity index (χ4n) is 1.68. The third-order valence-corrected chi connectivity index (χ3v) is 2.55. The average Bonchev–Trinajstić information content (AvgIpc) is 2.11. The topological polar surface area (TPSA) is 58.4 Å². The van der Waals surface area contributed by atoms with Crippen molar-refractivity contribution in [3.63, 3.8) is 0 Å². The number of halogens is 3. The maximum absolute atomic E-state index is 12.6. The molecular weight excluding hydrogens is 211 g/mol. The molecule has 7 heteroatoms. The molecule has 1 fully saturated rings. The summed E-state index contributed by atoms with van der Waals surface area (Å²) in [6.07, 6.45) is -4.39. The van der Waals surface area contributed by atoms with Crippen molar-refractivity contribution in [3.05, 3.63) is 0 Å². The SMILES string of the molecule is CC1C(=O)NCCN1C(CN)C(F)(F)F. The normalized spacial score (nSPS) is 26.2. The fourth-order valence-corrected chi connectivity index (χ4v) is 1.68. The first-order valence-electron chi connectivity index (χ1n) is 4.68. The molecule has 88 valence electrons. The Morgan fingerprint density at radius 1 is 1.67 bits per heavy atom. The van der Waals surface area contributed by atoms with Crippen molar-refractivity contribution < 1.29 is 18.0 Å². The lowest BCUT2D eigenvalue weighted by Gasteiger charge is -2.38. The monoisotopic (exact) mass is 225 g/mol. The van der Waals surface area contributed by atoms with Gasteiger partial charge in [-0.1, -0.05) is 0 Å². The molecule has 0 aliphatic carbocycles. The Morgan fingerprint density at radius 2 is 2.27 bits per heavy atom. The maximum atomic E-state index is 12.6. The van der Waals surface area contributed by atoms with E-state index in [1.807, 2.05) is 0 Å². The number of nitrogens with one attached hydrogen (secondary N) is 1. The van der Waals surface area contributed by atoms with Crippen molar-refractivity contribution in [1.29, 1.82) is 0 Å². The number of nitrogens with two attached hydrogens (primary N) is 1. The van der Waals surface area contributed by atoms with Crippen LogP contribution in [0.15, 0.2) is 0 Å². The van der Waals surface area contributed by atoms with Gasteiger partial charge in [0.1, 0.15) is 6.04 Å². The van der Waals surface area contributed by atoms with E-state index in [0.29, 0.717) is 0 Å². The molecule has 4 nitrogen and oxygen atoms in total. The highest BCUT2D eigenvalue weighted by Gasteiger charge is 2.46. The van der Waals surface area contributed by atoms with Crippen LogP contribution in [0, 0.1) is 0 Å². The molecule has 0 aromatic carbocycles. The Hall–Kier alpha value is -0.820. The van der Waals surface area contributed by atoms with Gasteiger partial charge in [0, 0.05) is 19.6 Å². The molecule has 0 spiro atoms. The van der Waals surface area contributed by atoms with Crippen LogP contribution in [0.4, 0.5) is 13.2 Å². The Kier molecular flexibility index (Phi) is 3.56. The minimum Gasteiger partial charge on any atom is -0.353 e. The summed E-state index contributed by atoms with van der Waals surface area (Å²) in [6, 6.07) is -2.52. The number of piperazine rings is 1. The Labute approximate surface area is 85.6 Å². The zero-order valence-corrected chi connectivity index (χ0v) is 8.34. The van der Waals surface area contributed by atoms with Crippen molar-refractivity contribution in [2.75, 3.05) is 19.6 Å². The molecule has 0 bridgehead atoms. The van der Waals surface area contributed by atoms with Crippen molar-refractivity contribution in [2.45, 2.75) is 25.2 Å². The van der Waals surface area contributed by atoms with Crippen molar-refractivity contribution in [3.8, 4) is 0 Å². The van der Waals surface area contributed by atoms with Gasteiger partial charge in [-0.05, 0) is 6.92 Å². The van der Waals surface area contributed by atoms with Crippen LogP contribution >= 0.6 is 0 Å². The average molecular weight is 225 g/mol. The van der Waals surface area contributed by atoms with Crippen molar-refractivity contribution in [2.24, 2.45) is 5.73 Å². The molecule has 1 rings (SSSR count). The molecule has 1 saturated heterocycles. The van der Waals surface area contributed by atoms with Crippen LogP contribution in [0.3, 0.4) is 0 Å². The highest BCUT2D eigenvalue weighted by atomic mass is 19.4. The first-order chi connectivity index (χ1) is 6.88. The quantitative estimate of drug-likeness (QED) is 0.678. The second-order valence-corrected chi connectivity index (χ2v) is 3.50. The predicted octanol–water partition coefficient (Wildman–Crippen LogP) is -0.304. The van der Waals surface area contributed by atoms with Gasteiger partial charge in [0.25, 0.3) is 0 Å². The van der Waals surface area contributed by atoms with Gasteiger partial charge in [0.2, 0.25) is 5.91 Å². The van der Waals surface area contributed by atoms with Gasteiger partial charge in [-0.3, -0.25) is 9.69 Å². The lowest BCUT2D eigenvalue weighted by molar-refractivity contribution is -0.189. The van der Waals surface area contributed by atoms with E-state index in [1.165, 1.54) is 6.92 Å². The number of alkyl halides is 3. The van der Waals surface area contributed by atoms with Gasteiger partial charge in [0.15, 0.2) is 0 Å². The number of hydrogen-bond acceptors (Lipinski definition) is 3. The van der Waals surface area contributed by atoms with Crippen LogP contribution < -0.4 is 11.1 Å². The fraction of sp³-hybridized carbons (Fsp3) is 0.875. The number of carbonyl (C=O) groups excluding carboxylic acids is 1. The van der Waals surface area contributed by atoms with E-state index in [2.05, 4.69) is 5.32 Å². The molecule has 0 radical (unpaired) electrons. The number of nitrogens with zero attached hydrogens (tertiary/aromatic N) is 1. The third kappa shape index (κ3) is 2.60. The second kappa shape index (κ2) is 4.36. The second-order valence-electron chi connectivity index (χ2n) is 3.50. The summed E-state index contributed by atoms with van der Waals surface area (Å²) >= 11 is 0. The third-order valence-electron chi connectivity index (χ3n) is 2.55. The van der Waals surface area contributed by atoms with Gasteiger partial charge in [-0.15, -0.1) is 0 Å². The molecule has 2 unspecified atom stereocenters. The summed E-state index contributed by atoms with van der Waals surface area (Å²) in [4.78, 5) is 12.3. The molecule has 3 N–H and O–H groups in total. The van der Waals surface area contributed by atoms with E-state index >= 15 is 0 Å². The van der Waals surface area contributed by atoms with E-state index in [4.69, 9.17) is 5.73 Å². The Balaban J connectivity index is 2.79. The van der Waals surface area contributed by atoms with E-state index in [-0.39, 0.29) is 19.0 Å². The van der Waals surface area contributed by atoms with Gasteiger partial charge < -0.3 is 11.1 Å². The summed E-state index contributed by atoms with van der Waals surface area (Å²) in [5.74, 6) is -0.385. The summed E-state index contributed by atoms with van der Waals surface area (Å²) in [5.41, 5.74) is 5.10. The van der Waals surface area contributed by atoms with E-state index in [0.717, 1.165) is 4.90 Å². The zero-order chi connectivity index (χ0) is 11.6. The first-order valence-corrected chi connectivity index (χ1v) is 4.68. The van der Waals surface area contributed by atoms with Crippen molar-refractivity contribution in [1.82, 2.24) is 10.2 Å². The Bertz CT molecular complexity index is 244. The number of rotatable bonds is 2. The number of hydrogen-bond donors (Lipinski definition) is 2. The number of amides is 1. The summed E-state index contributed by atoms with van der Waals surface area (Å²) in [7, 11) is 0. The largest absolute Gasteiger partial charge is 0.405 e. The first kappa shape index (κ1) is 12.3.